The van der Waals surface area contributed by atoms with Crippen LogP contribution in [0.3, 0.4) is 0 Å². The quantitative estimate of drug-likeness (QED) is 0.254. The predicted octanol–water partition coefficient (Wildman–Crippen LogP) is 1.15. The highest BCUT2D eigenvalue weighted by molar-refractivity contribution is 8.03. The van der Waals surface area contributed by atoms with Crippen molar-refractivity contribution in [2.45, 2.75) is 37.5 Å². The Balaban J connectivity index is 1.52. The summed E-state index contributed by atoms with van der Waals surface area (Å²) in [6.45, 7) is 6.79. The van der Waals surface area contributed by atoms with Crippen molar-refractivity contribution in [1.29, 1.82) is 0 Å². The second-order valence-electron chi connectivity index (χ2n) is 7.03. The van der Waals surface area contributed by atoms with Gasteiger partial charge in [-0.3, -0.25) is 14.5 Å². The number of carbonyl (C=O) groups excluding carboxylic acids is 2. The van der Waals surface area contributed by atoms with Crippen LogP contribution in [0, 0.1) is 11.8 Å². The van der Waals surface area contributed by atoms with Gasteiger partial charge in [0.25, 0.3) is 6.47 Å². The number of amides is 1. The minimum atomic E-state index is 0.0509. The molecular formula is C17H28N3O3PS. The van der Waals surface area contributed by atoms with Crippen LogP contribution in [0.5, 0.6) is 0 Å². The molecule has 0 radical (unpaired) electrons. The number of nitrogens with zero attached hydrogens (tertiary/aromatic N) is 1. The molecule has 2 saturated heterocycles. The van der Waals surface area contributed by atoms with Crippen molar-refractivity contribution in [3.63, 3.8) is 0 Å². The van der Waals surface area contributed by atoms with E-state index in [0.717, 1.165) is 43.2 Å². The van der Waals surface area contributed by atoms with E-state index < -0.39 is 0 Å². The first-order valence-corrected chi connectivity index (χ1v) is 10.8. The van der Waals surface area contributed by atoms with Gasteiger partial charge in [0.2, 0.25) is 11.8 Å². The molecule has 0 bridgehead atoms. The third kappa shape index (κ3) is 4.21. The summed E-state index contributed by atoms with van der Waals surface area (Å²) in [5, 5.41) is 7.35. The lowest BCUT2D eigenvalue weighted by Crippen LogP contribution is -2.51. The van der Waals surface area contributed by atoms with Crippen LogP contribution in [-0.2, 0) is 14.3 Å². The van der Waals surface area contributed by atoms with Crippen molar-refractivity contribution in [3.05, 3.63) is 10.8 Å². The predicted molar refractivity (Wildman–Crippen MR) is 103 cm³/mol. The number of ether oxygens (including phenoxy) is 1. The summed E-state index contributed by atoms with van der Waals surface area (Å²) in [7, 11) is 2.81. The zero-order valence-corrected chi connectivity index (χ0v) is 16.7. The van der Waals surface area contributed by atoms with Gasteiger partial charge in [0.05, 0.1) is 10.9 Å². The van der Waals surface area contributed by atoms with Crippen LogP contribution in [0.1, 0.15) is 26.2 Å². The maximum atomic E-state index is 11.8. The fraction of sp³-hybridized carbons (Fsp3) is 0.765. The summed E-state index contributed by atoms with van der Waals surface area (Å²) in [5.74, 6) is 1.56. The van der Waals surface area contributed by atoms with Crippen LogP contribution in [0.2, 0.25) is 0 Å². The SMILES string of the molecule is CC1C(SC(CP)CNCCC2CCNC2)=C(OC=O)N2C(=O)CC12. The number of carbonyl (C=O) groups is 2. The topological polar surface area (TPSA) is 70.7 Å². The number of thioether (sulfide) groups is 1. The van der Waals surface area contributed by atoms with E-state index in [4.69, 9.17) is 4.74 Å². The molecule has 3 aliphatic heterocycles. The van der Waals surface area contributed by atoms with Crippen molar-refractivity contribution in [3.8, 4) is 0 Å². The molecule has 0 aromatic heterocycles. The third-order valence-corrected chi connectivity index (χ3v) is 7.79. The molecular weight excluding hydrogens is 357 g/mol. The first kappa shape index (κ1) is 19.2. The molecule has 0 aromatic carbocycles. The number of β-lactam (4-membered cyclic amide) rings is 1. The summed E-state index contributed by atoms with van der Waals surface area (Å²) < 4.78 is 5.18. The van der Waals surface area contributed by atoms with Gasteiger partial charge in [-0.15, -0.1) is 21.0 Å². The Morgan fingerprint density at radius 3 is 3.04 bits per heavy atom. The van der Waals surface area contributed by atoms with Gasteiger partial charge in [-0.25, -0.2) is 0 Å². The Bertz CT molecular complexity index is 539. The minimum absolute atomic E-state index is 0.0509. The molecule has 3 rings (SSSR count). The fourth-order valence-electron chi connectivity index (χ4n) is 3.79. The maximum Gasteiger partial charge on any atom is 0.299 e. The summed E-state index contributed by atoms with van der Waals surface area (Å²) in [5.41, 5.74) is 0. The highest BCUT2D eigenvalue weighted by Gasteiger charge is 2.51. The smallest absolute Gasteiger partial charge is 0.299 e. The van der Waals surface area contributed by atoms with E-state index >= 15 is 0 Å². The summed E-state index contributed by atoms with van der Waals surface area (Å²) in [6.07, 6.45) is 4.00. The molecule has 25 heavy (non-hydrogen) atoms. The summed E-state index contributed by atoms with van der Waals surface area (Å²) >= 11 is 1.75. The van der Waals surface area contributed by atoms with Crippen LogP contribution in [0.4, 0.5) is 0 Å². The second kappa shape index (κ2) is 8.85. The normalized spacial score (nSPS) is 29.6. The number of hydrogen-bond donors (Lipinski definition) is 2. The Labute approximate surface area is 156 Å². The first-order valence-electron chi connectivity index (χ1n) is 9.10. The molecule has 0 aliphatic carbocycles. The molecule has 3 aliphatic rings. The van der Waals surface area contributed by atoms with Crippen molar-refractivity contribution in [1.82, 2.24) is 15.5 Å². The summed E-state index contributed by atoms with van der Waals surface area (Å²) in [6, 6.07) is 0.165. The zero-order chi connectivity index (χ0) is 17.8. The van der Waals surface area contributed by atoms with Crippen LogP contribution < -0.4 is 10.6 Å². The van der Waals surface area contributed by atoms with Crippen molar-refractivity contribution < 1.29 is 14.3 Å². The molecule has 2 fully saturated rings. The number of hydrogen-bond acceptors (Lipinski definition) is 6. The van der Waals surface area contributed by atoms with Gasteiger partial charge in [0, 0.05) is 24.1 Å². The Kier molecular flexibility index (Phi) is 6.78. The maximum absolute atomic E-state index is 11.8. The largest absolute Gasteiger partial charge is 0.411 e. The highest BCUT2D eigenvalue weighted by atomic mass is 32.2. The number of rotatable bonds is 10. The molecule has 0 saturated carbocycles. The van der Waals surface area contributed by atoms with Gasteiger partial charge in [-0.05, 0) is 44.6 Å². The lowest BCUT2D eigenvalue weighted by Gasteiger charge is -2.36. The van der Waals surface area contributed by atoms with Crippen molar-refractivity contribution in [2.75, 3.05) is 32.3 Å². The van der Waals surface area contributed by atoms with Crippen molar-refractivity contribution >= 4 is 33.4 Å². The van der Waals surface area contributed by atoms with Gasteiger partial charge in [-0.2, -0.15) is 0 Å². The van der Waals surface area contributed by atoms with Crippen LogP contribution in [0.25, 0.3) is 0 Å². The molecule has 2 N–H and O–H groups in total. The molecule has 140 valence electrons. The Morgan fingerprint density at radius 2 is 2.40 bits per heavy atom. The van der Waals surface area contributed by atoms with Gasteiger partial charge >= 0.3 is 0 Å². The Hall–Kier alpha value is -0.620. The van der Waals surface area contributed by atoms with E-state index in [1.54, 1.807) is 16.7 Å². The monoisotopic (exact) mass is 385 g/mol. The molecule has 5 atom stereocenters. The number of fused-ring (bicyclic) bond motifs is 1. The first-order chi connectivity index (χ1) is 12.2. The van der Waals surface area contributed by atoms with Gasteiger partial charge in [-0.1, -0.05) is 6.92 Å². The molecule has 5 unspecified atom stereocenters. The minimum Gasteiger partial charge on any atom is -0.411 e. The molecule has 6 nitrogen and oxygen atoms in total. The van der Waals surface area contributed by atoms with E-state index in [1.165, 1.54) is 12.8 Å². The van der Waals surface area contributed by atoms with Gasteiger partial charge < -0.3 is 15.4 Å². The Morgan fingerprint density at radius 1 is 1.56 bits per heavy atom. The average Bonchev–Trinajstić information content (AvgIpc) is 3.17. The van der Waals surface area contributed by atoms with Crippen molar-refractivity contribution in [2.24, 2.45) is 11.8 Å². The van der Waals surface area contributed by atoms with Crippen LogP contribution >= 0.6 is 21.0 Å². The van der Waals surface area contributed by atoms with E-state index in [-0.39, 0.29) is 17.9 Å². The highest BCUT2D eigenvalue weighted by Crippen LogP contribution is 2.48. The zero-order valence-electron chi connectivity index (χ0n) is 14.7. The lowest BCUT2D eigenvalue weighted by atomic mass is 9.94. The van der Waals surface area contributed by atoms with E-state index in [1.807, 2.05) is 0 Å². The molecule has 1 amide bonds. The third-order valence-electron chi connectivity index (χ3n) is 5.38. The second-order valence-corrected chi connectivity index (χ2v) is 8.85. The van der Waals surface area contributed by atoms with Crippen LogP contribution in [0.15, 0.2) is 10.8 Å². The molecule has 0 aromatic rings. The number of nitrogens with one attached hydrogen (secondary N) is 2. The lowest BCUT2D eigenvalue weighted by molar-refractivity contribution is -0.148. The van der Waals surface area contributed by atoms with Crippen LogP contribution in [-0.4, -0.2) is 60.9 Å². The molecule has 0 spiro atoms. The standard InChI is InChI=1S/C17H28N3O3PS/c1-11-14-6-15(22)20(14)17(23-10-21)16(11)25-13(9-24)8-19-5-3-12-2-4-18-7-12/h10-14,18-19H,2-9,24H2,1H3. The van der Waals surface area contributed by atoms with E-state index in [9.17, 15) is 9.59 Å². The molecule has 8 heteroatoms. The van der Waals surface area contributed by atoms with E-state index in [2.05, 4.69) is 26.8 Å². The summed E-state index contributed by atoms with van der Waals surface area (Å²) in [4.78, 5) is 25.4. The van der Waals surface area contributed by atoms with E-state index in [0.29, 0.717) is 24.0 Å². The van der Waals surface area contributed by atoms with Gasteiger partial charge in [0.1, 0.15) is 0 Å². The molecule has 3 heterocycles. The van der Waals surface area contributed by atoms with Gasteiger partial charge in [0.15, 0.2) is 0 Å². The fourth-order valence-corrected chi connectivity index (χ4v) is 5.53. The average molecular weight is 385 g/mol.